The van der Waals surface area contributed by atoms with Crippen LogP contribution in [0.3, 0.4) is 0 Å². The van der Waals surface area contributed by atoms with Crippen LogP contribution in [0.4, 0.5) is 10.5 Å². The van der Waals surface area contributed by atoms with Crippen molar-refractivity contribution in [2.24, 2.45) is 0 Å². The van der Waals surface area contributed by atoms with Gasteiger partial charge in [-0.3, -0.25) is 0 Å². The lowest BCUT2D eigenvalue weighted by Crippen LogP contribution is -2.43. The van der Waals surface area contributed by atoms with Crippen molar-refractivity contribution in [3.8, 4) is 0 Å². The topological polar surface area (TPSA) is 83.8 Å². The monoisotopic (exact) mass is 322 g/mol. The number of fused-ring (bicyclic) bond motifs is 1. The average molecular weight is 322 g/mol. The Morgan fingerprint density at radius 2 is 2.23 bits per heavy atom. The second-order valence-corrected chi connectivity index (χ2v) is 7.76. The van der Waals surface area contributed by atoms with Crippen molar-refractivity contribution in [2.45, 2.75) is 19.4 Å². The molecule has 0 radical (unpaired) electrons. The van der Waals surface area contributed by atoms with Crippen LogP contribution in [-0.4, -0.2) is 53.1 Å². The molecule has 8 heteroatoms. The first-order chi connectivity index (χ1) is 10.5. The van der Waals surface area contributed by atoms with Gasteiger partial charge in [-0.05, 0) is 25.5 Å². The minimum Gasteiger partial charge on any atom is -0.321 e. The van der Waals surface area contributed by atoms with E-state index in [0.29, 0.717) is 18.7 Å². The molecule has 0 bridgehead atoms. The maximum atomic E-state index is 12.5. The third kappa shape index (κ3) is 2.92. The Morgan fingerprint density at radius 1 is 1.41 bits per heavy atom. The van der Waals surface area contributed by atoms with Crippen molar-refractivity contribution in [1.29, 1.82) is 0 Å². The van der Waals surface area contributed by atoms with E-state index >= 15 is 0 Å². The maximum absolute atomic E-state index is 12.5. The largest absolute Gasteiger partial charge is 0.322 e. The molecule has 2 amide bonds. The van der Waals surface area contributed by atoms with E-state index in [-0.39, 0.29) is 23.6 Å². The molecule has 3 heterocycles. The van der Waals surface area contributed by atoms with E-state index in [9.17, 15) is 13.2 Å². The third-order valence-electron chi connectivity index (χ3n) is 3.81. The average Bonchev–Trinajstić information content (AvgIpc) is 2.79. The first kappa shape index (κ1) is 14.8. The van der Waals surface area contributed by atoms with Crippen LogP contribution in [0, 0.1) is 0 Å². The predicted octanol–water partition coefficient (Wildman–Crippen LogP) is 1.38. The fourth-order valence-corrected chi connectivity index (χ4v) is 4.39. The van der Waals surface area contributed by atoms with Gasteiger partial charge in [-0.15, -0.1) is 0 Å². The molecule has 1 unspecified atom stereocenters. The maximum Gasteiger partial charge on any atom is 0.322 e. The Bertz CT molecular complexity index is 799. The number of amides is 2. The molecule has 2 aromatic rings. The third-order valence-corrected chi connectivity index (χ3v) is 5.71. The Labute approximate surface area is 128 Å². The Morgan fingerprint density at radius 3 is 3.05 bits per heavy atom. The molecule has 1 atom stereocenters. The van der Waals surface area contributed by atoms with Crippen molar-refractivity contribution < 1.29 is 13.2 Å². The second kappa shape index (κ2) is 5.60. The summed E-state index contributed by atoms with van der Waals surface area (Å²) in [6, 6.07) is 4.96. The molecular formula is C14H18N4O3S. The van der Waals surface area contributed by atoms with Crippen LogP contribution in [0.1, 0.15) is 13.3 Å². The highest BCUT2D eigenvalue weighted by molar-refractivity contribution is 7.91. The minimum absolute atomic E-state index is 0.00911. The highest BCUT2D eigenvalue weighted by Crippen LogP contribution is 2.18. The number of anilines is 1. The van der Waals surface area contributed by atoms with Crippen molar-refractivity contribution in [1.82, 2.24) is 14.5 Å². The number of nitrogens with one attached hydrogen (secondary N) is 1. The molecule has 1 N–H and O–H groups in total. The first-order valence-corrected chi connectivity index (χ1v) is 8.99. The zero-order valence-corrected chi connectivity index (χ0v) is 13.1. The quantitative estimate of drug-likeness (QED) is 0.859. The number of hydrogen-bond donors (Lipinski definition) is 1. The molecule has 1 aliphatic rings. The molecule has 0 spiro atoms. The summed E-state index contributed by atoms with van der Waals surface area (Å²) >= 11 is 0. The summed E-state index contributed by atoms with van der Waals surface area (Å²) in [7, 11) is -3.07. The van der Waals surface area contributed by atoms with Gasteiger partial charge in [-0.25, -0.2) is 17.7 Å². The van der Waals surface area contributed by atoms with Gasteiger partial charge in [0.15, 0.2) is 9.84 Å². The standard InChI is InChI=1S/C14H18N4O3S/c1-11-10-22(20,21)8-4-6-17(11)14(19)16-12-9-15-18-7-3-2-5-13(12)18/h2-3,5,7,9,11H,4,6,8,10H2,1H3,(H,16,19). The summed E-state index contributed by atoms with van der Waals surface area (Å²) in [5, 5.41) is 6.99. The number of hydrogen-bond acceptors (Lipinski definition) is 4. The molecule has 118 valence electrons. The molecule has 0 saturated carbocycles. The van der Waals surface area contributed by atoms with Crippen LogP contribution in [0.15, 0.2) is 30.6 Å². The van der Waals surface area contributed by atoms with Gasteiger partial charge in [-0.1, -0.05) is 6.07 Å². The van der Waals surface area contributed by atoms with E-state index in [1.807, 2.05) is 18.2 Å². The van der Waals surface area contributed by atoms with Crippen molar-refractivity contribution in [3.63, 3.8) is 0 Å². The molecule has 22 heavy (non-hydrogen) atoms. The van der Waals surface area contributed by atoms with Crippen molar-refractivity contribution in [2.75, 3.05) is 23.4 Å². The molecular weight excluding hydrogens is 304 g/mol. The van der Waals surface area contributed by atoms with E-state index in [2.05, 4.69) is 10.4 Å². The van der Waals surface area contributed by atoms with Crippen LogP contribution in [0.25, 0.3) is 5.52 Å². The molecule has 7 nitrogen and oxygen atoms in total. The number of sulfone groups is 1. The van der Waals surface area contributed by atoms with Crippen molar-refractivity contribution >= 4 is 27.1 Å². The zero-order chi connectivity index (χ0) is 15.7. The summed E-state index contributed by atoms with van der Waals surface area (Å²) < 4.78 is 25.2. The number of nitrogens with zero attached hydrogens (tertiary/aromatic N) is 3. The van der Waals surface area contributed by atoms with E-state index in [4.69, 9.17) is 0 Å². The smallest absolute Gasteiger partial charge is 0.321 e. The second-order valence-electron chi connectivity index (χ2n) is 5.53. The number of urea groups is 1. The molecule has 3 rings (SSSR count). The zero-order valence-electron chi connectivity index (χ0n) is 12.3. The lowest BCUT2D eigenvalue weighted by molar-refractivity contribution is 0.199. The van der Waals surface area contributed by atoms with Crippen LogP contribution < -0.4 is 5.32 Å². The summed E-state index contributed by atoms with van der Waals surface area (Å²) in [4.78, 5) is 14.0. The lowest BCUT2D eigenvalue weighted by Gasteiger charge is -2.26. The normalized spacial score (nSPS) is 21.5. The lowest BCUT2D eigenvalue weighted by atomic mass is 10.3. The van der Waals surface area contributed by atoms with Gasteiger partial charge in [-0.2, -0.15) is 5.10 Å². The molecule has 0 aliphatic carbocycles. The SMILES string of the molecule is CC1CS(=O)(=O)CCCN1C(=O)Nc1cnn2ccccc12. The fourth-order valence-electron chi connectivity index (χ4n) is 2.74. The van der Waals surface area contributed by atoms with E-state index < -0.39 is 9.84 Å². The fraction of sp³-hybridized carbons (Fsp3) is 0.429. The van der Waals surface area contributed by atoms with Gasteiger partial charge in [0.2, 0.25) is 0 Å². The van der Waals surface area contributed by atoms with E-state index in [1.165, 1.54) is 0 Å². The Hall–Kier alpha value is -2.09. The molecule has 1 aliphatic heterocycles. The molecule has 1 fully saturated rings. The van der Waals surface area contributed by atoms with Gasteiger partial charge in [0.05, 0.1) is 28.9 Å². The summed E-state index contributed by atoms with van der Waals surface area (Å²) in [5.41, 5.74) is 1.41. The number of carbonyl (C=O) groups excluding carboxylic acids is 1. The summed E-state index contributed by atoms with van der Waals surface area (Å²) in [5.74, 6) is 0.146. The molecule has 2 aromatic heterocycles. The highest BCUT2D eigenvalue weighted by Gasteiger charge is 2.29. The number of aromatic nitrogens is 2. The van der Waals surface area contributed by atoms with Gasteiger partial charge in [0.1, 0.15) is 0 Å². The summed E-state index contributed by atoms with van der Waals surface area (Å²) in [6.45, 7) is 2.20. The number of rotatable bonds is 1. The summed E-state index contributed by atoms with van der Waals surface area (Å²) in [6.07, 6.45) is 3.85. The number of pyridine rings is 1. The van der Waals surface area contributed by atoms with Crippen LogP contribution in [0.2, 0.25) is 0 Å². The Balaban J connectivity index is 1.79. The first-order valence-electron chi connectivity index (χ1n) is 7.17. The van der Waals surface area contributed by atoms with Crippen molar-refractivity contribution in [3.05, 3.63) is 30.6 Å². The minimum atomic E-state index is -3.07. The van der Waals surface area contributed by atoms with E-state index in [1.54, 1.807) is 28.7 Å². The van der Waals surface area contributed by atoms with E-state index in [0.717, 1.165) is 5.52 Å². The van der Waals surface area contributed by atoms with Crippen LogP contribution in [-0.2, 0) is 9.84 Å². The predicted molar refractivity (Wildman–Crippen MR) is 83.6 cm³/mol. The van der Waals surface area contributed by atoms with Crippen LogP contribution in [0.5, 0.6) is 0 Å². The van der Waals surface area contributed by atoms with Gasteiger partial charge in [0, 0.05) is 18.8 Å². The van der Waals surface area contributed by atoms with Gasteiger partial charge >= 0.3 is 6.03 Å². The van der Waals surface area contributed by atoms with Gasteiger partial charge in [0.25, 0.3) is 0 Å². The highest BCUT2D eigenvalue weighted by atomic mass is 32.2. The molecule has 1 saturated heterocycles. The van der Waals surface area contributed by atoms with Crippen LogP contribution >= 0.6 is 0 Å². The number of carbonyl (C=O) groups is 1. The van der Waals surface area contributed by atoms with Gasteiger partial charge < -0.3 is 10.2 Å². The molecule has 0 aromatic carbocycles. The Kier molecular flexibility index (Phi) is 3.78.